The summed E-state index contributed by atoms with van der Waals surface area (Å²) in [6.07, 6.45) is 4.12. The van der Waals surface area contributed by atoms with E-state index in [9.17, 15) is 0 Å². The van der Waals surface area contributed by atoms with E-state index in [1.165, 1.54) is 11.3 Å². The molecule has 0 radical (unpaired) electrons. The molecule has 2 rings (SSSR count). The molecule has 0 aliphatic carbocycles. The summed E-state index contributed by atoms with van der Waals surface area (Å²) in [6.45, 7) is 2.02. The van der Waals surface area contributed by atoms with Crippen LogP contribution in [0.2, 0.25) is 0 Å². The van der Waals surface area contributed by atoms with E-state index in [1.54, 1.807) is 0 Å². The first-order valence-corrected chi connectivity index (χ1v) is 6.14. The molecule has 0 N–H and O–H groups in total. The maximum atomic E-state index is 2.08. The van der Waals surface area contributed by atoms with Gasteiger partial charge in [0.2, 0.25) is 0 Å². The lowest BCUT2D eigenvalue weighted by Crippen LogP contribution is -2.07. The Bertz CT molecular complexity index is 444. The molecule has 1 nitrogen and oxygen atoms in total. The Morgan fingerprint density at radius 2 is 1.28 bits per heavy atom. The SMILES string of the molecule is CC=Cc1ccccc1.CN(C)c1ccccc1. The standard InChI is InChI=1S/C9H10.C8H11N/c1-2-6-9-7-4-3-5-8-9;1-9(2)8-6-4-3-5-7-8/h2-8H,1H3;3-7H,1-2H3. The van der Waals surface area contributed by atoms with E-state index < -0.39 is 0 Å². The maximum absolute atomic E-state index is 2.08. The molecule has 0 heterocycles. The van der Waals surface area contributed by atoms with Crippen molar-refractivity contribution in [1.82, 2.24) is 0 Å². The van der Waals surface area contributed by atoms with Crippen molar-refractivity contribution >= 4 is 11.8 Å². The Labute approximate surface area is 110 Å². The van der Waals surface area contributed by atoms with Crippen LogP contribution in [0.4, 0.5) is 5.69 Å². The second kappa shape index (κ2) is 8.13. The summed E-state index contributed by atoms with van der Waals surface area (Å²) in [5, 5.41) is 0. The van der Waals surface area contributed by atoms with Gasteiger partial charge in [-0.1, -0.05) is 60.7 Å². The highest BCUT2D eigenvalue weighted by molar-refractivity contribution is 5.48. The van der Waals surface area contributed by atoms with Crippen LogP contribution in [0.3, 0.4) is 0 Å². The lowest BCUT2D eigenvalue weighted by atomic mass is 10.2. The normalized spacial score (nSPS) is 9.72. The molecule has 0 fully saturated rings. The van der Waals surface area contributed by atoms with Crippen molar-refractivity contribution in [2.24, 2.45) is 0 Å². The van der Waals surface area contributed by atoms with Crippen LogP contribution in [-0.4, -0.2) is 14.1 Å². The van der Waals surface area contributed by atoms with Gasteiger partial charge in [-0.25, -0.2) is 0 Å². The Morgan fingerprint density at radius 3 is 1.67 bits per heavy atom. The van der Waals surface area contributed by atoms with Gasteiger partial charge in [-0.15, -0.1) is 0 Å². The Balaban J connectivity index is 0.000000180. The number of para-hydroxylation sites is 1. The van der Waals surface area contributed by atoms with Crippen molar-refractivity contribution in [3.63, 3.8) is 0 Å². The Morgan fingerprint density at radius 1 is 0.778 bits per heavy atom. The van der Waals surface area contributed by atoms with Crippen LogP contribution in [0.1, 0.15) is 12.5 Å². The van der Waals surface area contributed by atoms with Gasteiger partial charge in [-0.05, 0) is 24.6 Å². The molecule has 0 bridgehead atoms. The number of nitrogens with zero attached hydrogens (tertiary/aromatic N) is 1. The zero-order chi connectivity index (χ0) is 13.2. The van der Waals surface area contributed by atoms with Gasteiger partial charge in [-0.2, -0.15) is 0 Å². The van der Waals surface area contributed by atoms with E-state index in [1.807, 2.05) is 63.5 Å². The van der Waals surface area contributed by atoms with Gasteiger partial charge in [0.05, 0.1) is 0 Å². The molecular weight excluding hydrogens is 218 g/mol. The molecule has 2 aromatic carbocycles. The number of allylic oxidation sites excluding steroid dienone is 1. The quantitative estimate of drug-likeness (QED) is 0.747. The highest BCUT2D eigenvalue weighted by Gasteiger charge is 1.87. The molecule has 0 aliphatic heterocycles. The predicted molar refractivity (Wildman–Crippen MR) is 81.9 cm³/mol. The zero-order valence-corrected chi connectivity index (χ0v) is 11.4. The summed E-state index contributed by atoms with van der Waals surface area (Å²) >= 11 is 0. The molecular formula is C17H21N. The first-order chi connectivity index (χ1) is 8.74. The van der Waals surface area contributed by atoms with E-state index in [0.717, 1.165) is 0 Å². The molecule has 0 atom stereocenters. The van der Waals surface area contributed by atoms with Gasteiger partial charge in [-0.3, -0.25) is 0 Å². The molecule has 0 unspecified atom stereocenters. The topological polar surface area (TPSA) is 3.24 Å². The van der Waals surface area contributed by atoms with Gasteiger partial charge in [0.15, 0.2) is 0 Å². The van der Waals surface area contributed by atoms with Crippen LogP contribution in [0, 0.1) is 0 Å². The van der Waals surface area contributed by atoms with Crippen LogP contribution in [0.5, 0.6) is 0 Å². The van der Waals surface area contributed by atoms with Crippen LogP contribution >= 0.6 is 0 Å². The van der Waals surface area contributed by atoms with Gasteiger partial charge >= 0.3 is 0 Å². The van der Waals surface area contributed by atoms with E-state index >= 15 is 0 Å². The van der Waals surface area contributed by atoms with Crippen molar-refractivity contribution < 1.29 is 0 Å². The predicted octanol–water partition coefficient (Wildman–Crippen LogP) is 4.47. The van der Waals surface area contributed by atoms with Crippen molar-refractivity contribution in [3.8, 4) is 0 Å². The molecule has 18 heavy (non-hydrogen) atoms. The first-order valence-electron chi connectivity index (χ1n) is 6.14. The van der Waals surface area contributed by atoms with E-state index in [2.05, 4.69) is 35.2 Å². The van der Waals surface area contributed by atoms with Crippen LogP contribution in [0.25, 0.3) is 6.08 Å². The lowest BCUT2D eigenvalue weighted by molar-refractivity contribution is 1.13. The molecule has 1 heteroatoms. The molecule has 0 spiro atoms. The minimum absolute atomic E-state index is 1.25. The van der Waals surface area contributed by atoms with Crippen molar-refractivity contribution in [1.29, 1.82) is 0 Å². The fourth-order valence-corrected chi connectivity index (χ4v) is 1.48. The fraction of sp³-hybridized carbons (Fsp3) is 0.176. The number of hydrogen-bond donors (Lipinski definition) is 0. The number of benzene rings is 2. The molecule has 94 valence electrons. The molecule has 0 aliphatic rings. The number of rotatable bonds is 2. The molecule has 0 saturated carbocycles. The fourth-order valence-electron chi connectivity index (χ4n) is 1.48. The monoisotopic (exact) mass is 239 g/mol. The third-order valence-corrected chi connectivity index (χ3v) is 2.43. The average Bonchev–Trinajstić information content (AvgIpc) is 2.42. The van der Waals surface area contributed by atoms with E-state index in [-0.39, 0.29) is 0 Å². The zero-order valence-electron chi connectivity index (χ0n) is 11.4. The number of hydrogen-bond acceptors (Lipinski definition) is 1. The maximum Gasteiger partial charge on any atom is 0.0360 e. The molecule has 0 amide bonds. The summed E-state index contributed by atoms with van der Waals surface area (Å²) in [5.41, 5.74) is 2.51. The van der Waals surface area contributed by atoms with Gasteiger partial charge < -0.3 is 4.90 Å². The molecule has 0 aromatic heterocycles. The summed E-state index contributed by atoms with van der Waals surface area (Å²) in [5.74, 6) is 0. The molecule has 2 aromatic rings. The second-order valence-electron chi connectivity index (χ2n) is 4.14. The van der Waals surface area contributed by atoms with Crippen molar-refractivity contribution in [2.45, 2.75) is 6.92 Å². The highest BCUT2D eigenvalue weighted by Crippen LogP contribution is 2.07. The van der Waals surface area contributed by atoms with Crippen molar-refractivity contribution in [3.05, 3.63) is 72.3 Å². The van der Waals surface area contributed by atoms with Gasteiger partial charge in [0.1, 0.15) is 0 Å². The third-order valence-electron chi connectivity index (χ3n) is 2.43. The summed E-state index contributed by atoms with van der Waals surface area (Å²) in [6, 6.07) is 20.5. The molecule has 0 saturated heterocycles. The first kappa shape index (κ1) is 14.0. The van der Waals surface area contributed by atoms with E-state index in [0.29, 0.717) is 0 Å². The summed E-state index contributed by atoms with van der Waals surface area (Å²) in [7, 11) is 4.07. The smallest absolute Gasteiger partial charge is 0.0360 e. The number of anilines is 1. The Kier molecular flexibility index (Phi) is 6.34. The van der Waals surface area contributed by atoms with E-state index in [4.69, 9.17) is 0 Å². The second-order valence-corrected chi connectivity index (χ2v) is 4.14. The lowest BCUT2D eigenvalue weighted by Gasteiger charge is -2.10. The van der Waals surface area contributed by atoms with Gasteiger partial charge in [0, 0.05) is 19.8 Å². The summed E-state index contributed by atoms with van der Waals surface area (Å²) in [4.78, 5) is 2.08. The minimum Gasteiger partial charge on any atom is -0.378 e. The van der Waals surface area contributed by atoms with Crippen molar-refractivity contribution in [2.75, 3.05) is 19.0 Å². The highest BCUT2D eigenvalue weighted by atomic mass is 15.1. The largest absolute Gasteiger partial charge is 0.378 e. The summed E-state index contributed by atoms with van der Waals surface area (Å²) < 4.78 is 0. The van der Waals surface area contributed by atoms with Crippen LogP contribution in [-0.2, 0) is 0 Å². The van der Waals surface area contributed by atoms with Gasteiger partial charge in [0.25, 0.3) is 0 Å². The average molecular weight is 239 g/mol. The third kappa shape index (κ3) is 5.35. The minimum atomic E-state index is 1.25. The van der Waals surface area contributed by atoms with Crippen LogP contribution in [0.15, 0.2) is 66.7 Å². The van der Waals surface area contributed by atoms with Crippen LogP contribution < -0.4 is 4.90 Å². The Hall–Kier alpha value is -2.02.